The third kappa shape index (κ3) is 3.60. The molecule has 0 saturated carbocycles. The van der Waals surface area contributed by atoms with Crippen LogP contribution in [0.15, 0.2) is 12.2 Å². The number of unbranched alkanes of at least 4 members (excludes halogenated alkanes) is 1. The van der Waals surface area contributed by atoms with E-state index in [0.29, 0.717) is 0 Å². The molecule has 1 saturated heterocycles. The Morgan fingerprint density at radius 2 is 1.72 bits per heavy atom. The standard InChI is InChI=1S/C17H32N/c1-2-3-14-18(15-10-7-11-16-18)17-12-8-5-4-6-9-13-17/h4-5,17H,2-3,6-16H2,1H3/q+1/b5-4-. The number of piperidine rings is 1. The summed E-state index contributed by atoms with van der Waals surface area (Å²) in [5.41, 5.74) is 0. The first kappa shape index (κ1) is 14.1. The van der Waals surface area contributed by atoms with Crippen molar-refractivity contribution in [1.82, 2.24) is 0 Å². The van der Waals surface area contributed by atoms with Crippen LogP contribution in [0.25, 0.3) is 0 Å². The lowest BCUT2D eigenvalue weighted by Gasteiger charge is -2.48. The average Bonchev–Trinajstić information content (AvgIpc) is 2.37. The molecule has 18 heavy (non-hydrogen) atoms. The Balaban J connectivity index is 2.03. The van der Waals surface area contributed by atoms with Crippen molar-refractivity contribution >= 4 is 0 Å². The minimum absolute atomic E-state index is 0.974. The van der Waals surface area contributed by atoms with E-state index >= 15 is 0 Å². The summed E-state index contributed by atoms with van der Waals surface area (Å²) >= 11 is 0. The third-order valence-electron chi connectivity index (χ3n) is 5.18. The monoisotopic (exact) mass is 250 g/mol. The summed E-state index contributed by atoms with van der Waals surface area (Å²) in [6, 6.07) is 0.974. The number of rotatable bonds is 4. The van der Waals surface area contributed by atoms with Gasteiger partial charge in [-0.15, -0.1) is 0 Å². The van der Waals surface area contributed by atoms with Crippen LogP contribution >= 0.6 is 0 Å². The molecule has 104 valence electrons. The molecule has 0 aromatic rings. The van der Waals surface area contributed by atoms with Crippen LogP contribution in [0.1, 0.15) is 71.1 Å². The van der Waals surface area contributed by atoms with Gasteiger partial charge in [0.1, 0.15) is 0 Å². The first-order chi connectivity index (χ1) is 8.87. The molecule has 2 aliphatic rings. The van der Waals surface area contributed by atoms with Gasteiger partial charge in [0.2, 0.25) is 0 Å². The minimum atomic E-state index is 0.974. The Kier molecular flexibility index (Phi) is 5.75. The lowest BCUT2D eigenvalue weighted by molar-refractivity contribution is -0.956. The number of quaternary nitrogens is 1. The molecule has 1 aliphatic carbocycles. The van der Waals surface area contributed by atoms with Crippen molar-refractivity contribution in [3.63, 3.8) is 0 Å². The van der Waals surface area contributed by atoms with E-state index in [0.717, 1.165) is 6.04 Å². The van der Waals surface area contributed by atoms with Crippen molar-refractivity contribution in [3.05, 3.63) is 12.2 Å². The quantitative estimate of drug-likeness (QED) is 0.502. The zero-order chi connectivity index (χ0) is 12.7. The van der Waals surface area contributed by atoms with Gasteiger partial charge in [0.25, 0.3) is 0 Å². The summed E-state index contributed by atoms with van der Waals surface area (Å²) in [5, 5.41) is 0. The molecular formula is C17H32N+. The van der Waals surface area contributed by atoms with Crippen molar-refractivity contribution in [2.75, 3.05) is 19.6 Å². The van der Waals surface area contributed by atoms with Crippen LogP contribution in [-0.2, 0) is 0 Å². The highest BCUT2D eigenvalue weighted by Crippen LogP contribution is 2.30. The second-order valence-electron chi connectivity index (χ2n) is 6.44. The first-order valence-electron chi connectivity index (χ1n) is 8.38. The Bertz CT molecular complexity index is 250. The Labute approximate surface area is 114 Å². The summed E-state index contributed by atoms with van der Waals surface area (Å²) in [7, 11) is 0. The fraction of sp³-hybridized carbons (Fsp3) is 0.882. The van der Waals surface area contributed by atoms with E-state index in [1.807, 2.05) is 0 Å². The summed E-state index contributed by atoms with van der Waals surface area (Å²) in [4.78, 5) is 0. The Morgan fingerprint density at radius 3 is 2.50 bits per heavy atom. The molecule has 0 radical (unpaired) electrons. The Morgan fingerprint density at radius 1 is 0.944 bits per heavy atom. The summed E-state index contributed by atoms with van der Waals surface area (Å²) in [6.45, 7) is 6.77. The topological polar surface area (TPSA) is 0 Å². The molecule has 2 rings (SSSR count). The van der Waals surface area contributed by atoms with Crippen molar-refractivity contribution in [3.8, 4) is 0 Å². The van der Waals surface area contributed by atoms with E-state index < -0.39 is 0 Å². The second-order valence-corrected chi connectivity index (χ2v) is 6.44. The predicted molar refractivity (Wildman–Crippen MR) is 79.6 cm³/mol. The lowest BCUT2D eigenvalue weighted by atomic mass is 9.93. The molecule has 0 N–H and O–H groups in total. The van der Waals surface area contributed by atoms with Crippen LogP contribution in [0.2, 0.25) is 0 Å². The zero-order valence-corrected chi connectivity index (χ0v) is 12.4. The number of allylic oxidation sites excluding steroid dienone is 2. The van der Waals surface area contributed by atoms with Crippen molar-refractivity contribution in [2.45, 2.75) is 77.2 Å². The molecule has 1 heteroatoms. The van der Waals surface area contributed by atoms with Gasteiger partial charge in [-0.1, -0.05) is 25.5 Å². The maximum absolute atomic E-state index is 2.44. The van der Waals surface area contributed by atoms with Gasteiger partial charge in [0.05, 0.1) is 25.7 Å². The largest absolute Gasteiger partial charge is 0.321 e. The van der Waals surface area contributed by atoms with Crippen LogP contribution in [-0.4, -0.2) is 30.2 Å². The van der Waals surface area contributed by atoms with Crippen molar-refractivity contribution in [2.24, 2.45) is 0 Å². The zero-order valence-electron chi connectivity index (χ0n) is 12.4. The van der Waals surface area contributed by atoms with E-state index in [4.69, 9.17) is 0 Å². The van der Waals surface area contributed by atoms with Crippen LogP contribution in [0, 0.1) is 0 Å². The lowest BCUT2D eigenvalue weighted by Crippen LogP contribution is -2.58. The van der Waals surface area contributed by atoms with E-state index in [2.05, 4.69) is 19.1 Å². The normalized spacial score (nSPS) is 30.4. The highest BCUT2D eigenvalue weighted by atomic mass is 15.4. The van der Waals surface area contributed by atoms with Gasteiger partial charge in [-0.25, -0.2) is 0 Å². The first-order valence-corrected chi connectivity index (χ1v) is 8.38. The highest BCUT2D eigenvalue weighted by molar-refractivity contribution is 4.85. The number of hydrogen-bond acceptors (Lipinski definition) is 0. The van der Waals surface area contributed by atoms with Crippen molar-refractivity contribution in [1.29, 1.82) is 0 Å². The molecule has 1 heterocycles. The molecule has 1 atom stereocenters. The third-order valence-corrected chi connectivity index (χ3v) is 5.18. The number of hydrogen-bond donors (Lipinski definition) is 0. The van der Waals surface area contributed by atoms with Gasteiger partial charge in [0, 0.05) is 6.42 Å². The van der Waals surface area contributed by atoms with Crippen molar-refractivity contribution < 1.29 is 4.48 Å². The van der Waals surface area contributed by atoms with Gasteiger partial charge in [0.15, 0.2) is 0 Å². The molecule has 1 fully saturated rings. The maximum atomic E-state index is 2.44. The fourth-order valence-electron chi connectivity index (χ4n) is 4.07. The molecule has 0 aromatic carbocycles. The number of likely N-dealkylation sites (tertiary alicyclic amines) is 1. The van der Waals surface area contributed by atoms with E-state index in [-0.39, 0.29) is 0 Å². The van der Waals surface area contributed by atoms with Crippen LogP contribution in [0.4, 0.5) is 0 Å². The fourth-order valence-corrected chi connectivity index (χ4v) is 4.07. The van der Waals surface area contributed by atoms with Gasteiger partial charge >= 0.3 is 0 Å². The Hall–Kier alpha value is -0.300. The molecule has 0 bridgehead atoms. The summed E-state index contributed by atoms with van der Waals surface area (Å²) in [6.07, 6.45) is 19.1. The van der Waals surface area contributed by atoms with E-state index in [1.54, 1.807) is 0 Å². The average molecular weight is 250 g/mol. The van der Waals surface area contributed by atoms with Crippen LogP contribution < -0.4 is 0 Å². The second kappa shape index (κ2) is 7.33. The number of nitrogens with zero attached hydrogens (tertiary/aromatic N) is 1. The maximum Gasteiger partial charge on any atom is 0.0893 e. The SMILES string of the molecule is CCCC[N+]1(C2CC/C=C\CCC2)CCCCC1. The summed E-state index contributed by atoms with van der Waals surface area (Å²) in [5.74, 6) is 0. The minimum Gasteiger partial charge on any atom is -0.321 e. The molecule has 0 amide bonds. The smallest absolute Gasteiger partial charge is 0.0893 e. The molecule has 1 nitrogen and oxygen atoms in total. The summed E-state index contributed by atoms with van der Waals surface area (Å²) < 4.78 is 1.49. The molecule has 1 unspecified atom stereocenters. The van der Waals surface area contributed by atoms with E-state index in [1.165, 1.54) is 88.3 Å². The van der Waals surface area contributed by atoms with Gasteiger partial charge in [-0.2, -0.15) is 0 Å². The van der Waals surface area contributed by atoms with Gasteiger partial charge in [-0.05, 0) is 51.4 Å². The van der Waals surface area contributed by atoms with Gasteiger partial charge in [-0.3, -0.25) is 0 Å². The highest BCUT2D eigenvalue weighted by Gasteiger charge is 2.36. The molecule has 1 aliphatic heterocycles. The molecule has 0 spiro atoms. The van der Waals surface area contributed by atoms with Crippen LogP contribution in [0.5, 0.6) is 0 Å². The molecular weight excluding hydrogens is 218 g/mol. The van der Waals surface area contributed by atoms with E-state index in [9.17, 15) is 0 Å². The van der Waals surface area contributed by atoms with Crippen LogP contribution in [0.3, 0.4) is 0 Å². The molecule has 0 aromatic heterocycles. The van der Waals surface area contributed by atoms with Gasteiger partial charge < -0.3 is 4.48 Å². The predicted octanol–water partition coefficient (Wildman–Crippen LogP) is 4.68.